The fraction of sp³-hybridized carbons (Fsp3) is 0.500. The minimum atomic E-state index is -0.174. The summed E-state index contributed by atoms with van der Waals surface area (Å²) < 4.78 is 5.84. The van der Waals surface area contributed by atoms with Crippen LogP contribution in [0.5, 0.6) is 5.75 Å². The van der Waals surface area contributed by atoms with Crippen LogP contribution in [0, 0.1) is 0 Å². The molecule has 0 aliphatic heterocycles. The van der Waals surface area contributed by atoms with Gasteiger partial charge < -0.3 is 20.7 Å². The molecular formula is C28H39N3O3. The molecule has 6 heteroatoms. The first-order valence-corrected chi connectivity index (χ1v) is 12.8. The van der Waals surface area contributed by atoms with Crippen molar-refractivity contribution in [2.45, 2.75) is 77.2 Å². The third kappa shape index (κ3) is 9.08. The largest absolute Gasteiger partial charge is 0.494 e. The van der Waals surface area contributed by atoms with Crippen LogP contribution in [-0.4, -0.2) is 31.0 Å². The molecule has 0 saturated heterocycles. The topological polar surface area (TPSA) is 79.5 Å². The summed E-state index contributed by atoms with van der Waals surface area (Å²) in [5.74, 6) is 0.549. The van der Waals surface area contributed by atoms with Gasteiger partial charge in [0.05, 0.1) is 13.2 Å². The molecule has 1 aliphatic rings. The van der Waals surface area contributed by atoms with Crippen LogP contribution in [0.3, 0.4) is 0 Å². The zero-order valence-corrected chi connectivity index (χ0v) is 20.4. The van der Waals surface area contributed by atoms with Crippen molar-refractivity contribution in [2.24, 2.45) is 0 Å². The summed E-state index contributed by atoms with van der Waals surface area (Å²) in [4.78, 5) is 25.0. The molecule has 6 nitrogen and oxygen atoms in total. The molecule has 0 aromatic heterocycles. The molecule has 0 heterocycles. The van der Waals surface area contributed by atoms with Crippen LogP contribution in [0.15, 0.2) is 48.5 Å². The first-order chi connectivity index (χ1) is 16.6. The number of rotatable bonds is 13. The third-order valence-electron chi connectivity index (χ3n) is 6.15. The number of nitrogens with one attached hydrogen (secondary N) is 3. The predicted octanol–water partition coefficient (Wildman–Crippen LogP) is 6.15. The highest BCUT2D eigenvalue weighted by Crippen LogP contribution is 2.19. The Kier molecular flexibility index (Phi) is 10.8. The third-order valence-corrected chi connectivity index (χ3v) is 6.15. The molecule has 1 saturated carbocycles. The van der Waals surface area contributed by atoms with Gasteiger partial charge in [0.1, 0.15) is 5.75 Å². The van der Waals surface area contributed by atoms with Gasteiger partial charge >= 0.3 is 0 Å². The van der Waals surface area contributed by atoms with Gasteiger partial charge in [-0.25, -0.2) is 0 Å². The quantitative estimate of drug-likeness (QED) is 0.310. The lowest BCUT2D eigenvalue weighted by molar-refractivity contribution is -0.114. The molecular weight excluding hydrogens is 426 g/mol. The number of unbranched alkanes of at least 4 members (excludes halogenated alkanes) is 4. The summed E-state index contributed by atoms with van der Waals surface area (Å²) in [5.41, 5.74) is 2.01. The van der Waals surface area contributed by atoms with Crippen LogP contribution in [0.25, 0.3) is 0 Å². The predicted molar refractivity (Wildman–Crippen MR) is 139 cm³/mol. The van der Waals surface area contributed by atoms with Gasteiger partial charge in [0.2, 0.25) is 5.91 Å². The molecule has 0 bridgehead atoms. The van der Waals surface area contributed by atoms with Crippen molar-refractivity contribution in [1.82, 2.24) is 5.32 Å². The summed E-state index contributed by atoms with van der Waals surface area (Å²) in [5, 5.41) is 9.13. The lowest BCUT2D eigenvalue weighted by Crippen LogP contribution is -2.36. The normalized spacial score (nSPS) is 13.8. The van der Waals surface area contributed by atoms with Crippen molar-refractivity contribution in [3.8, 4) is 5.75 Å². The lowest BCUT2D eigenvalue weighted by Gasteiger charge is -2.22. The number of benzene rings is 2. The number of anilines is 2. The second-order valence-corrected chi connectivity index (χ2v) is 9.08. The summed E-state index contributed by atoms with van der Waals surface area (Å²) in [6.45, 7) is 3.04. The van der Waals surface area contributed by atoms with Gasteiger partial charge in [-0.15, -0.1) is 0 Å². The number of carbonyl (C=O) groups is 2. The monoisotopic (exact) mass is 465 g/mol. The first kappa shape index (κ1) is 25.6. The number of amides is 2. The molecule has 184 valence electrons. The minimum absolute atomic E-state index is 0.0803. The molecule has 0 unspecified atom stereocenters. The molecule has 0 atom stereocenters. The van der Waals surface area contributed by atoms with Crippen molar-refractivity contribution in [1.29, 1.82) is 0 Å². The fourth-order valence-electron chi connectivity index (χ4n) is 4.23. The molecule has 1 fully saturated rings. The number of carbonyl (C=O) groups excluding carboxylic acids is 2. The number of hydrogen-bond donors (Lipinski definition) is 3. The molecule has 3 rings (SSSR count). The molecule has 2 aromatic carbocycles. The molecule has 0 spiro atoms. The van der Waals surface area contributed by atoms with Gasteiger partial charge in [-0.1, -0.05) is 64.0 Å². The average Bonchev–Trinajstić information content (AvgIpc) is 2.86. The number of hydrogen-bond acceptors (Lipinski definition) is 4. The molecule has 1 aliphatic carbocycles. The molecule has 2 aromatic rings. The Bertz CT molecular complexity index is 909. The Balaban J connectivity index is 1.42. The van der Waals surface area contributed by atoms with E-state index in [4.69, 9.17) is 4.74 Å². The van der Waals surface area contributed by atoms with Gasteiger partial charge in [-0.05, 0) is 49.6 Å². The van der Waals surface area contributed by atoms with E-state index in [2.05, 4.69) is 22.9 Å². The van der Waals surface area contributed by atoms with Crippen molar-refractivity contribution >= 4 is 23.2 Å². The maximum absolute atomic E-state index is 12.6. The Morgan fingerprint density at radius 2 is 1.68 bits per heavy atom. The van der Waals surface area contributed by atoms with Crippen LogP contribution in [-0.2, 0) is 4.79 Å². The molecule has 3 N–H and O–H groups in total. The van der Waals surface area contributed by atoms with E-state index in [0.29, 0.717) is 17.9 Å². The minimum Gasteiger partial charge on any atom is -0.494 e. The van der Waals surface area contributed by atoms with Crippen molar-refractivity contribution in [2.75, 3.05) is 23.8 Å². The van der Waals surface area contributed by atoms with E-state index in [0.717, 1.165) is 30.7 Å². The maximum atomic E-state index is 12.6. The molecule has 2 amide bonds. The van der Waals surface area contributed by atoms with Crippen LogP contribution in [0.1, 0.15) is 81.5 Å². The zero-order valence-electron chi connectivity index (χ0n) is 20.4. The van der Waals surface area contributed by atoms with E-state index in [9.17, 15) is 9.59 Å². The van der Waals surface area contributed by atoms with E-state index in [1.165, 1.54) is 44.9 Å². The molecule has 0 radical (unpaired) electrons. The zero-order chi connectivity index (χ0) is 24.0. The fourth-order valence-corrected chi connectivity index (χ4v) is 4.23. The van der Waals surface area contributed by atoms with Gasteiger partial charge in [0.25, 0.3) is 5.91 Å². The average molecular weight is 466 g/mol. The highest BCUT2D eigenvalue weighted by Gasteiger charge is 2.17. The number of ether oxygens (including phenoxy) is 1. The van der Waals surface area contributed by atoms with E-state index in [1.807, 2.05) is 24.3 Å². The second kappa shape index (κ2) is 14.3. The van der Waals surface area contributed by atoms with Crippen LogP contribution in [0.4, 0.5) is 11.4 Å². The lowest BCUT2D eigenvalue weighted by atomic mass is 9.95. The standard InChI is InChI=1S/C28H39N3O3/c1-2-3-4-5-9-18-34-26-17-11-15-24(20-26)29-21-27(32)30-25-16-10-12-22(19-25)28(33)31-23-13-7-6-8-14-23/h10-12,15-17,19-20,23,29H,2-9,13-14,18,21H2,1H3,(H,30,32)(H,31,33). The highest BCUT2D eigenvalue weighted by atomic mass is 16.5. The van der Waals surface area contributed by atoms with Gasteiger partial charge in [0.15, 0.2) is 0 Å². The second-order valence-electron chi connectivity index (χ2n) is 9.08. The Labute approximate surface area is 203 Å². The summed E-state index contributed by atoms with van der Waals surface area (Å²) in [6, 6.07) is 15.0. The van der Waals surface area contributed by atoms with Crippen molar-refractivity contribution in [3.63, 3.8) is 0 Å². The van der Waals surface area contributed by atoms with Gasteiger partial charge in [0, 0.05) is 29.0 Å². The van der Waals surface area contributed by atoms with E-state index < -0.39 is 0 Å². The van der Waals surface area contributed by atoms with Crippen molar-refractivity contribution in [3.05, 3.63) is 54.1 Å². The summed E-state index contributed by atoms with van der Waals surface area (Å²) >= 11 is 0. The first-order valence-electron chi connectivity index (χ1n) is 12.8. The Morgan fingerprint density at radius 1 is 0.912 bits per heavy atom. The van der Waals surface area contributed by atoms with Gasteiger partial charge in [-0.3, -0.25) is 9.59 Å². The maximum Gasteiger partial charge on any atom is 0.251 e. The van der Waals surface area contributed by atoms with Crippen molar-refractivity contribution < 1.29 is 14.3 Å². The van der Waals surface area contributed by atoms with Gasteiger partial charge in [-0.2, -0.15) is 0 Å². The SMILES string of the molecule is CCCCCCCOc1cccc(NCC(=O)Nc2cccc(C(=O)NC3CCCCC3)c2)c1. The smallest absolute Gasteiger partial charge is 0.251 e. The summed E-state index contributed by atoms with van der Waals surface area (Å²) in [6.07, 6.45) is 11.7. The Morgan fingerprint density at radius 3 is 2.50 bits per heavy atom. The van der Waals surface area contributed by atoms with E-state index >= 15 is 0 Å². The van der Waals surface area contributed by atoms with Crippen LogP contribution >= 0.6 is 0 Å². The van der Waals surface area contributed by atoms with E-state index in [1.54, 1.807) is 24.3 Å². The Hall–Kier alpha value is -3.02. The van der Waals surface area contributed by atoms with E-state index in [-0.39, 0.29) is 24.4 Å². The summed E-state index contributed by atoms with van der Waals surface area (Å²) in [7, 11) is 0. The van der Waals surface area contributed by atoms with Crippen LogP contribution in [0.2, 0.25) is 0 Å². The highest BCUT2D eigenvalue weighted by molar-refractivity contribution is 5.98. The van der Waals surface area contributed by atoms with Crippen LogP contribution < -0.4 is 20.7 Å². The molecule has 34 heavy (non-hydrogen) atoms.